The fourth-order valence-electron chi connectivity index (χ4n) is 2.04. The van der Waals surface area contributed by atoms with Gasteiger partial charge in [0.2, 0.25) is 5.91 Å². The van der Waals surface area contributed by atoms with E-state index in [2.05, 4.69) is 20.6 Å². The summed E-state index contributed by atoms with van der Waals surface area (Å²) in [7, 11) is 0. The molecule has 1 heterocycles. The number of hydrogen-bond donors (Lipinski definition) is 3. The number of aromatic nitrogens is 2. The van der Waals surface area contributed by atoms with Gasteiger partial charge in [-0.15, -0.1) is 0 Å². The standard InChI is InChI=1S/C17H21ClN4O2S/c1-11-5-3-6-13(12(11)2)20-15-9-14(18)21-17(22-15)25-10-16(24)19-7-4-8-23/h3,5-6,9,23H,4,7-8,10H2,1-2H3,(H,19,24)(H,20,21,22). The summed E-state index contributed by atoms with van der Waals surface area (Å²) in [5.74, 6) is 0.636. The maximum absolute atomic E-state index is 11.7. The molecule has 0 saturated heterocycles. The van der Waals surface area contributed by atoms with E-state index in [9.17, 15) is 4.79 Å². The fraction of sp³-hybridized carbons (Fsp3) is 0.353. The molecule has 0 aliphatic carbocycles. The minimum Gasteiger partial charge on any atom is -0.396 e. The molecule has 0 aliphatic rings. The molecule has 0 radical (unpaired) electrons. The molecule has 0 aliphatic heterocycles. The Bertz CT molecular complexity index is 743. The molecule has 0 fully saturated rings. The van der Waals surface area contributed by atoms with Gasteiger partial charge in [0.15, 0.2) is 5.16 Å². The van der Waals surface area contributed by atoms with E-state index in [1.807, 2.05) is 32.0 Å². The molecule has 0 bridgehead atoms. The molecule has 0 saturated carbocycles. The molecule has 3 N–H and O–H groups in total. The molecule has 8 heteroatoms. The SMILES string of the molecule is Cc1cccc(Nc2cc(Cl)nc(SCC(=O)NCCCO)n2)c1C. The highest BCUT2D eigenvalue weighted by molar-refractivity contribution is 7.99. The van der Waals surface area contributed by atoms with Crippen molar-refractivity contribution < 1.29 is 9.90 Å². The van der Waals surface area contributed by atoms with E-state index in [1.165, 1.54) is 17.3 Å². The van der Waals surface area contributed by atoms with Crippen LogP contribution in [0.15, 0.2) is 29.4 Å². The number of aliphatic hydroxyl groups excluding tert-OH is 1. The Morgan fingerprint density at radius 3 is 2.88 bits per heavy atom. The minimum atomic E-state index is -0.133. The number of carbonyl (C=O) groups excluding carboxylic acids is 1. The first-order valence-corrected chi connectivity index (χ1v) is 9.24. The first kappa shape index (κ1) is 19.5. The van der Waals surface area contributed by atoms with Crippen molar-refractivity contribution in [2.75, 3.05) is 24.2 Å². The van der Waals surface area contributed by atoms with Crippen LogP contribution in [0.2, 0.25) is 5.15 Å². The van der Waals surface area contributed by atoms with Gasteiger partial charge in [-0.3, -0.25) is 4.79 Å². The highest BCUT2D eigenvalue weighted by Crippen LogP contribution is 2.25. The Hall–Kier alpha value is -1.83. The molecule has 0 atom stereocenters. The van der Waals surface area contributed by atoms with Gasteiger partial charge < -0.3 is 15.7 Å². The van der Waals surface area contributed by atoms with Crippen LogP contribution in [-0.2, 0) is 4.79 Å². The molecular formula is C17H21ClN4O2S. The molecular weight excluding hydrogens is 360 g/mol. The van der Waals surface area contributed by atoms with Gasteiger partial charge in [0.25, 0.3) is 0 Å². The lowest BCUT2D eigenvalue weighted by molar-refractivity contribution is -0.118. The van der Waals surface area contributed by atoms with Crippen molar-refractivity contribution in [1.82, 2.24) is 15.3 Å². The number of thioether (sulfide) groups is 1. The van der Waals surface area contributed by atoms with E-state index < -0.39 is 0 Å². The van der Waals surface area contributed by atoms with Crippen LogP contribution < -0.4 is 10.6 Å². The lowest BCUT2D eigenvalue weighted by Gasteiger charge is -2.11. The van der Waals surface area contributed by atoms with Gasteiger partial charge in [0.05, 0.1) is 5.75 Å². The first-order valence-electron chi connectivity index (χ1n) is 7.88. The lowest BCUT2D eigenvalue weighted by Crippen LogP contribution is -2.26. The summed E-state index contributed by atoms with van der Waals surface area (Å²) >= 11 is 7.28. The average Bonchev–Trinajstić information content (AvgIpc) is 2.57. The summed E-state index contributed by atoms with van der Waals surface area (Å²) in [6.45, 7) is 4.58. The average molecular weight is 381 g/mol. The largest absolute Gasteiger partial charge is 0.396 e. The van der Waals surface area contributed by atoms with Crippen molar-refractivity contribution in [1.29, 1.82) is 0 Å². The number of amides is 1. The third-order valence-electron chi connectivity index (χ3n) is 3.53. The smallest absolute Gasteiger partial charge is 0.230 e. The zero-order chi connectivity index (χ0) is 18.2. The maximum atomic E-state index is 11.7. The molecule has 2 rings (SSSR count). The summed E-state index contributed by atoms with van der Waals surface area (Å²) in [6.07, 6.45) is 0.536. The number of benzene rings is 1. The van der Waals surface area contributed by atoms with Gasteiger partial charge >= 0.3 is 0 Å². The number of aliphatic hydroxyl groups is 1. The van der Waals surface area contributed by atoms with Crippen LogP contribution in [0.3, 0.4) is 0 Å². The Balaban J connectivity index is 2.02. The number of carbonyl (C=O) groups is 1. The van der Waals surface area contributed by atoms with Crippen molar-refractivity contribution in [3.8, 4) is 0 Å². The summed E-state index contributed by atoms with van der Waals surface area (Å²) in [5, 5.41) is 15.4. The van der Waals surface area contributed by atoms with E-state index in [1.54, 1.807) is 6.07 Å². The summed E-state index contributed by atoms with van der Waals surface area (Å²) < 4.78 is 0. The zero-order valence-electron chi connectivity index (χ0n) is 14.2. The number of nitrogens with one attached hydrogen (secondary N) is 2. The number of rotatable bonds is 8. The van der Waals surface area contributed by atoms with E-state index >= 15 is 0 Å². The van der Waals surface area contributed by atoms with Gasteiger partial charge in [-0.05, 0) is 37.5 Å². The number of hydrogen-bond acceptors (Lipinski definition) is 6. The van der Waals surface area contributed by atoms with E-state index in [0.29, 0.717) is 29.1 Å². The van der Waals surface area contributed by atoms with Gasteiger partial charge in [-0.2, -0.15) is 0 Å². The van der Waals surface area contributed by atoms with Crippen molar-refractivity contribution in [2.45, 2.75) is 25.4 Å². The summed E-state index contributed by atoms with van der Waals surface area (Å²) in [6, 6.07) is 7.64. The second kappa shape index (κ2) is 9.60. The van der Waals surface area contributed by atoms with E-state index in [-0.39, 0.29) is 18.3 Å². The highest BCUT2D eigenvalue weighted by Gasteiger charge is 2.09. The van der Waals surface area contributed by atoms with Crippen LogP contribution in [0.1, 0.15) is 17.5 Å². The fourth-order valence-corrected chi connectivity index (χ4v) is 2.96. The number of halogens is 1. The van der Waals surface area contributed by atoms with Gasteiger partial charge in [-0.25, -0.2) is 9.97 Å². The van der Waals surface area contributed by atoms with Crippen molar-refractivity contribution in [2.24, 2.45) is 0 Å². The summed E-state index contributed by atoms with van der Waals surface area (Å²) in [5.41, 5.74) is 3.27. The predicted molar refractivity (Wildman–Crippen MR) is 102 cm³/mol. The van der Waals surface area contributed by atoms with Crippen LogP contribution in [0, 0.1) is 13.8 Å². The van der Waals surface area contributed by atoms with E-state index in [0.717, 1.165) is 11.3 Å². The van der Waals surface area contributed by atoms with Crippen LogP contribution in [0.4, 0.5) is 11.5 Å². The summed E-state index contributed by atoms with van der Waals surface area (Å²) in [4.78, 5) is 20.3. The van der Waals surface area contributed by atoms with Crippen LogP contribution in [0.25, 0.3) is 0 Å². The minimum absolute atomic E-state index is 0.0538. The number of aryl methyl sites for hydroxylation is 1. The second-order valence-corrected chi connectivity index (χ2v) is 6.78. The second-order valence-electron chi connectivity index (χ2n) is 5.45. The Labute approximate surface area is 156 Å². The highest BCUT2D eigenvalue weighted by atomic mass is 35.5. The lowest BCUT2D eigenvalue weighted by atomic mass is 10.1. The van der Waals surface area contributed by atoms with Crippen molar-refractivity contribution >= 4 is 40.8 Å². The van der Waals surface area contributed by atoms with Crippen molar-refractivity contribution in [3.05, 3.63) is 40.5 Å². The number of anilines is 2. The molecule has 1 aromatic carbocycles. The first-order chi connectivity index (χ1) is 12.0. The Kier molecular flexibility index (Phi) is 7.49. The van der Waals surface area contributed by atoms with E-state index in [4.69, 9.17) is 16.7 Å². The predicted octanol–water partition coefficient (Wildman–Crippen LogP) is 3.08. The van der Waals surface area contributed by atoms with Crippen LogP contribution in [-0.4, -0.2) is 39.9 Å². The quantitative estimate of drug-likeness (QED) is 0.282. The Morgan fingerprint density at radius 1 is 1.32 bits per heavy atom. The molecule has 134 valence electrons. The van der Waals surface area contributed by atoms with Gasteiger partial charge in [-0.1, -0.05) is 35.5 Å². The van der Waals surface area contributed by atoms with Crippen molar-refractivity contribution in [3.63, 3.8) is 0 Å². The van der Waals surface area contributed by atoms with Gasteiger partial charge in [0.1, 0.15) is 11.0 Å². The molecule has 1 amide bonds. The number of nitrogens with zero attached hydrogens (tertiary/aromatic N) is 2. The normalized spacial score (nSPS) is 10.6. The van der Waals surface area contributed by atoms with Gasteiger partial charge in [0, 0.05) is 24.9 Å². The molecule has 6 nitrogen and oxygen atoms in total. The molecule has 2 aromatic rings. The molecule has 1 aromatic heterocycles. The molecule has 0 spiro atoms. The molecule has 25 heavy (non-hydrogen) atoms. The molecule has 0 unspecified atom stereocenters. The third kappa shape index (κ3) is 6.19. The van der Waals surface area contributed by atoms with Crippen LogP contribution in [0.5, 0.6) is 0 Å². The third-order valence-corrected chi connectivity index (χ3v) is 4.57. The monoisotopic (exact) mass is 380 g/mol. The maximum Gasteiger partial charge on any atom is 0.230 e. The van der Waals surface area contributed by atoms with Crippen LogP contribution >= 0.6 is 23.4 Å². The zero-order valence-corrected chi connectivity index (χ0v) is 15.7. The topological polar surface area (TPSA) is 87.1 Å². The Morgan fingerprint density at radius 2 is 2.12 bits per heavy atom.